The molecule has 98 valence electrons. The molecular formula is C12H19N5O. The first-order chi connectivity index (χ1) is 8.79. The van der Waals surface area contributed by atoms with E-state index in [0.717, 1.165) is 44.7 Å². The maximum Gasteiger partial charge on any atom is 0.293 e. The Kier molecular flexibility index (Phi) is 3.03. The third-order valence-corrected chi connectivity index (χ3v) is 3.58. The zero-order chi connectivity index (χ0) is 12.5. The van der Waals surface area contributed by atoms with Gasteiger partial charge in [-0.1, -0.05) is 6.92 Å². The summed E-state index contributed by atoms with van der Waals surface area (Å²) in [7, 11) is 0. The van der Waals surface area contributed by atoms with Crippen molar-refractivity contribution in [3.8, 4) is 0 Å². The number of carbonyl (C=O) groups excluding carboxylic acids is 1. The lowest BCUT2D eigenvalue weighted by atomic mass is 10.1. The van der Waals surface area contributed by atoms with Gasteiger partial charge in [-0.05, 0) is 19.3 Å². The lowest BCUT2D eigenvalue weighted by molar-refractivity contribution is 0.0603. The topological polar surface area (TPSA) is 73.9 Å². The van der Waals surface area contributed by atoms with Crippen LogP contribution in [0.5, 0.6) is 0 Å². The number of nitrogens with one attached hydrogen (secondary N) is 2. The lowest BCUT2D eigenvalue weighted by Crippen LogP contribution is -2.59. The molecule has 1 saturated carbocycles. The summed E-state index contributed by atoms with van der Waals surface area (Å²) in [4.78, 5) is 18.6. The van der Waals surface area contributed by atoms with Crippen molar-refractivity contribution >= 4 is 5.91 Å². The summed E-state index contributed by atoms with van der Waals surface area (Å²) in [5.41, 5.74) is 0. The van der Waals surface area contributed by atoms with Crippen LogP contribution in [0, 0.1) is 0 Å². The van der Waals surface area contributed by atoms with Gasteiger partial charge in [-0.3, -0.25) is 9.89 Å². The third-order valence-electron chi connectivity index (χ3n) is 3.58. The number of hydrogen-bond donors (Lipinski definition) is 2. The monoisotopic (exact) mass is 249 g/mol. The van der Waals surface area contributed by atoms with Crippen molar-refractivity contribution in [3.63, 3.8) is 0 Å². The molecular weight excluding hydrogens is 230 g/mol. The van der Waals surface area contributed by atoms with Crippen LogP contribution in [0.3, 0.4) is 0 Å². The van der Waals surface area contributed by atoms with Gasteiger partial charge >= 0.3 is 0 Å². The molecule has 1 aromatic rings. The first-order valence-electron chi connectivity index (χ1n) is 6.73. The molecule has 0 radical (unpaired) electrons. The quantitative estimate of drug-likeness (QED) is 0.797. The first-order valence-corrected chi connectivity index (χ1v) is 6.73. The molecule has 0 aromatic carbocycles. The molecule has 3 rings (SSSR count). The maximum atomic E-state index is 12.4. The molecule has 2 N–H and O–H groups in total. The zero-order valence-electron chi connectivity index (χ0n) is 10.6. The van der Waals surface area contributed by atoms with Crippen molar-refractivity contribution in [1.29, 1.82) is 0 Å². The zero-order valence-corrected chi connectivity index (χ0v) is 10.6. The highest BCUT2D eigenvalue weighted by Crippen LogP contribution is 2.37. The Balaban J connectivity index is 1.72. The number of amides is 1. The normalized spacial score (nSPS) is 19.6. The molecule has 1 amide bonds. The Bertz CT molecular complexity index is 435. The minimum absolute atomic E-state index is 0.0356. The van der Waals surface area contributed by atoms with E-state index in [1.54, 1.807) is 0 Å². The van der Waals surface area contributed by atoms with Gasteiger partial charge in [-0.2, -0.15) is 0 Å². The number of carbonyl (C=O) groups is 1. The largest absolute Gasteiger partial charge is 0.330 e. The SMILES string of the molecule is CCCN(C(=O)c1n[nH]c(C2CC2)n1)C1CNC1. The molecule has 1 saturated heterocycles. The van der Waals surface area contributed by atoms with E-state index in [-0.39, 0.29) is 5.91 Å². The number of aromatic amines is 1. The van der Waals surface area contributed by atoms with Crippen molar-refractivity contribution in [1.82, 2.24) is 25.4 Å². The van der Waals surface area contributed by atoms with E-state index >= 15 is 0 Å². The Labute approximate surface area is 106 Å². The van der Waals surface area contributed by atoms with Gasteiger partial charge in [0.1, 0.15) is 5.82 Å². The van der Waals surface area contributed by atoms with Crippen molar-refractivity contribution < 1.29 is 4.79 Å². The Hall–Kier alpha value is -1.43. The molecule has 1 aliphatic carbocycles. The molecule has 0 bridgehead atoms. The molecule has 0 atom stereocenters. The van der Waals surface area contributed by atoms with Crippen molar-refractivity contribution in [2.24, 2.45) is 0 Å². The summed E-state index contributed by atoms with van der Waals surface area (Å²) in [6.45, 7) is 4.62. The van der Waals surface area contributed by atoms with Crippen LogP contribution in [0.1, 0.15) is 48.5 Å². The fraction of sp³-hybridized carbons (Fsp3) is 0.750. The van der Waals surface area contributed by atoms with Crippen LogP contribution in [0.25, 0.3) is 0 Å². The minimum Gasteiger partial charge on any atom is -0.330 e. The van der Waals surface area contributed by atoms with E-state index in [9.17, 15) is 4.79 Å². The van der Waals surface area contributed by atoms with E-state index < -0.39 is 0 Å². The van der Waals surface area contributed by atoms with Crippen LogP contribution < -0.4 is 5.32 Å². The fourth-order valence-corrected chi connectivity index (χ4v) is 2.22. The minimum atomic E-state index is -0.0356. The van der Waals surface area contributed by atoms with Crippen LogP contribution >= 0.6 is 0 Å². The van der Waals surface area contributed by atoms with Crippen LogP contribution in [0.15, 0.2) is 0 Å². The third kappa shape index (κ3) is 2.12. The average Bonchev–Trinajstić information content (AvgIpc) is 3.04. The average molecular weight is 249 g/mol. The van der Waals surface area contributed by atoms with Crippen LogP contribution in [0.4, 0.5) is 0 Å². The van der Waals surface area contributed by atoms with Gasteiger partial charge in [-0.25, -0.2) is 4.98 Å². The van der Waals surface area contributed by atoms with Gasteiger partial charge in [-0.15, -0.1) is 5.10 Å². The van der Waals surface area contributed by atoms with Gasteiger partial charge < -0.3 is 10.2 Å². The Morgan fingerprint density at radius 1 is 1.44 bits per heavy atom. The summed E-state index contributed by atoms with van der Waals surface area (Å²) < 4.78 is 0. The number of aromatic nitrogens is 3. The lowest BCUT2D eigenvalue weighted by Gasteiger charge is -2.37. The molecule has 2 aliphatic rings. The summed E-state index contributed by atoms with van der Waals surface area (Å²) in [6, 6.07) is 0.306. The van der Waals surface area contributed by atoms with E-state index in [0.29, 0.717) is 17.8 Å². The summed E-state index contributed by atoms with van der Waals surface area (Å²) >= 11 is 0. The van der Waals surface area contributed by atoms with Gasteiger partial charge in [0.15, 0.2) is 0 Å². The molecule has 0 spiro atoms. The van der Waals surface area contributed by atoms with Crippen LogP contribution in [-0.2, 0) is 0 Å². The molecule has 6 heteroatoms. The van der Waals surface area contributed by atoms with Gasteiger partial charge in [0, 0.05) is 25.6 Å². The standard InChI is InChI=1S/C12H19N5O/c1-2-5-17(9-6-13-7-9)12(18)11-14-10(15-16-11)8-3-4-8/h8-9,13H,2-7H2,1H3,(H,14,15,16). The predicted octanol–water partition coefficient (Wildman–Crippen LogP) is 0.506. The van der Waals surface area contributed by atoms with Crippen molar-refractivity contribution in [2.75, 3.05) is 19.6 Å². The second-order valence-electron chi connectivity index (χ2n) is 5.13. The Morgan fingerprint density at radius 2 is 2.22 bits per heavy atom. The smallest absolute Gasteiger partial charge is 0.293 e. The molecule has 2 fully saturated rings. The highest BCUT2D eigenvalue weighted by molar-refractivity contribution is 5.90. The second-order valence-corrected chi connectivity index (χ2v) is 5.13. The van der Waals surface area contributed by atoms with E-state index in [1.807, 2.05) is 4.90 Å². The molecule has 1 aromatic heterocycles. The predicted molar refractivity (Wildman–Crippen MR) is 66.3 cm³/mol. The number of rotatable bonds is 5. The van der Waals surface area contributed by atoms with E-state index in [4.69, 9.17) is 0 Å². The number of hydrogen-bond acceptors (Lipinski definition) is 4. The summed E-state index contributed by atoms with van der Waals surface area (Å²) in [5, 5.41) is 10.2. The molecule has 6 nitrogen and oxygen atoms in total. The highest BCUT2D eigenvalue weighted by Gasteiger charge is 2.32. The van der Waals surface area contributed by atoms with Gasteiger partial charge in [0.25, 0.3) is 5.91 Å². The highest BCUT2D eigenvalue weighted by atomic mass is 16.2. The van der Waals surface area contributed by atoms with E-state index in [1.165, 1.54) is 0 Å². The van der Waals surface area contributed by atoms with Crippen LogP contribution in [-0.4, -0.2) is 51.7 Å². The molecule has 1 aliphatic heterocycles. The first kappa shape index (κ1) is 11.6. The summed E-state index contributed by atoms with van der Waals surface area (Å²) in [6.07, 6.45) is 3.28. The molecule has 0 unspecified atom stereocenters. The summed E-state index contributed by atoms with van der Waals surface area (Å²) in [5.74, 6) is 1.68. The van der Waals surface area contributed by atoms with Gasteiger partial charge in [0.05, 0.1) is 6.04 Å². The van der Waals surface area contributed by atoms with Crippen molar-refractivity contribution in [2.45, 2.75) is 38.1 Å². The van der Waals surface area contributed by atoms with Crippen molar-refractivity contribution in [3.05, 3.63) is 11.6 Å². The van der Waals surface area contributed by atoms with E-state index in [2.05, 4.69) is 27.4 Å². The molecule has 18 heavy (non-hydrogen) atoms. The molecule has 2 heterocycles. The van der Waals surface area contributed by atoms with Crippen LogP contribution in [0.2, 0.25) is 0 Å². The number of H-pyrrole nitrogens is 1. The Morgan fingerprint density at radius 3 is 2.78 bits per heavy atom. The van der Waals surface area contributed by atoms with Gasteiger partial charge in [0.2, 0.25) is 5.82 Å². The number of nitrogens with zero attached hydrogens (tertiary/aromatic N) is 3. The second kappa shape index (κ2) is 4.68. The maximum absolute atomic E-state index is 12.4. The fourth-order valence-electron chi connectivity index (χ4n) is 2.22.